The van der Waals surface area contributed by atoms with E-state index in [-0.39, 0.29) is 11.5 Å². The van der Waals surface area contributed by atoms with Crippen molar-refractivity contribution in [1.82, 2.24) is 4.37 Å². The summed E-state index contributed by atoms with van der Waals surface area (Å²) in [6.45, 7) is 1.59. The standard InChI is InChI=1S/C13H11ClN2O3S/c1-7-10(13(18)19)12(20-15-7)16(2)11(17)8-5-3-4-6-9(8)14/h3-6H,1-2H3,(H,18,19). The molecule has 0 saturated heterocycles. The Balaban J connectivity index is 2.42. The lowest BCUT2D eigenvalue weighted by Crippen LogP contribution is -2.27. The third kappa shape index (κ3) is 2.52. The molecule has 0 unspecified atom stereocenters. The van der Waals surface area contributed by atoms with E-state index in [4.69, 9.17) is 11.6 Å². The first kappa shape index (κ1) is 14.5. The lowest BCUT2D eigenvalue weighted by atomic mass is 10.2. The van der Waals surface area contributed by atoms with Gasteiger partial charge >= 0.3 is 5.97 Å². The molecule has 0 bridgehead atoms. The Morgan fingerprint density at radius 1 is 1.35 bits per heavy atom. The maximum Gasteiger partial charge on any atom is 0.340 e. The molecule has 0 aliphatic rings. The summed E-state index contributed by atoms with van der Waals surface area (Å²) in [5.74, 6) is -1.48. The fourth-order valence-electron chi connectivity index (χ4n) is 1.74. The van der Waals surface area contributed by atoms with Gasteiger partial charge in [-0.1, -0.05) is 23.7 Å². The molecule has 2 rings (SSSR count). The zero-order valence-corrected chi connectivity index (χ0v) is 12.3. The minimum absolute atomic E-state index is 0.0397. The van der Waals surface area contributed by atoms with Crippen molar-refractivity contribution in [3.05, 3.63) is 46.1 Å². The number of aromatic carboxylic acids is 1. The van der Waals surface area contributed by atoms with Crippen LogP contribution in [-0.2, 0) is 0 Å². The number of carboxylic acids is 1. The van der Waals surface area contributed by atoms with Crippen molar-refractivity contribution in [3.63, 3.8) is 0 Å². The molecule has 1 heterocycles. The van der Waals surface area contributed by atoms with Crippen LogP contribution in [0.25, 0.3) is 0 Å². The van der Waals surface area contributed by atoms with E-state index in [9.17, 15) is 14.7 Å². The molecule has 1 aromatic heterocycles. The van der Waals surface area contributed by atoms with E-state index >= 15 is 0 Å². The second-order valence-electron chi connectivity index (χ2n) is 4.10. The van der Waals surface area contributed by atoms with Crippen LogP contribution < -0.4 is 4.90 Å². The van der Waals surface area contributed by atoms with Crippen LogP contribution in [-0.4, -0.2) is 28.4 Å². The van der Waals surface area contributed by atoms with E-state index in [1.165, 1.54) is 11.9 Å². The molecule has 7 heteroatoms. The number of carboxylic acid groups (broad SMARTS) is 1. The number of amides is 1. The molecule has 0 radical (unpaired) electrons. The van der Waals surface area contributed by atoms with Crippen LogP contribution in [0.4, 0.5) is 5.00 Å². The first-order valence-corrected chi connectivity index (χ1v) is 6.80. The second kappa shape index (κ2) is 5.60. The molecule has 1 N–H and O–H groups in total. The van der Waals surface area contributed by atoms with Crippen molar-refractivity contribution in [1.29, 1.82) is 0 Å². The summed E-state index contributed by atoms with van der Waals surface area (Å²) in [6.07, 6.45) is 0. The molecule has 1 amide bonds. The van der Waals surface area contributed by atoms with Crippen LogP contribution in [0, 0.1) is 6.92 Å². The fourth-order valence-corrected chi connectivity index (χ4v) is 2.80. The Kier molecular flexibility index (Phi) is 4.06. The summed E-state index contributed by atoms with van der Waals surface area (Å²) in [7, 11) is 1.51. The van der Waals surface area contributed by atoms with Crippen molar-refractivity contribution in [2.75, 3.05) is 11.9 Å². The maximum absolute atomic E-state index is 12.4. The number of hydrogen-bond donors (Lipinski definition) is 1. The van der Waals surface area contributed by atoms with Crippen LogP contribution in [0.2, 0.25) is 5.02 Å². The number of carbonyl (C=O) groups excluding carboxylic acids is 1. The molecule has 0 fully saturated rings. The number of hydrogen-bond acceptors (Lipinski definition) is 4. The van der Waals surface area contributed by atoms with E-state index in [0.29, 0.717) is 21.3 Å². The van der Waals surface area contributed by atoms with Gasteiger partial charge in [-0.2, -0.15) is 4.37 Å². The molecule has 0 saturated carbocycles. The molecule has 0 atom stereocenters. The molecule has 0 aliphatic heterocycles. The first-order valence-electron chi connectivity index (χ1n) is 5.65. The van der Waals surface area contributed by atoms with E-state index in [1.54, 1.807) is 31.2 Å². The van der Waals surface area contributed by atoms with E-state index in [1.807, 2.05) is 0 Å². The Hall–Kier alpha value is -1.92. The molecule has 104 valence electrons. The average molecular weight is 311 g/mol. The predicted molar refractivity (Wildman–Crippen MR) is 78.0 cm³/mol. The quantitative estimate of drug-likeness (QED) is 0.945. The maximum atomic E-state index is 12.4. The average Bonchev–Trinajstić information content (AvgIpc) is 2.79. The number of carbonyl (C=O) groups is 2. The van der Waals surface area contributed by atoms with Crippen molar-refractivity contribution in [2.45, 2.75) is 6.92 Å². The number of rotatable bonds is 3. The van der Waals surface area contributed by atoms with Crippen molar-refractivity contribution >= 4 is 40.0 Å². The van der Waals surface area contributed by atoms with Gasteiger partial charge in [0.2, 0.25) is 0 Å². The summed E-state index contributed by atoms with van der Waals surface area (Å²) in [5.41, 5.74) is 0.744. The van der Waals surface area contributed by atoms with E-state index in [0.717, 1.165) is 11.5 Å². The monoisotopic (exact) mass is 310 g/mol. The largest absolute Gasteiger partial charge is 0.478 e. The summed E-state index contributed by atoms with van der Waals surface area (Å²) < 4.78 is 3.99. The summed E-state index contributed by atoms with van der Waals surface area (Å²) >= 11 is 6.95. The normalized spacial score (nSPS) is 10.3. The predicted octanol–water partition coefficient (Wildman–Crippen LogP) is 3.08. The van der Waals surface area contributed by atoms with Crippen LogP contribution in [0.1, 0.15) is 26.4 Å². The minimum Gasteiger partial charge on any atom is -0.478 e. The van der Waals surface area contributed by atoms with Crippen LogP contribution in [0.15, 0.2) is 24.3 Å². The van der Waals surface area contributed by atoms with Gasteiger partial charge in [0.15, 0.2) is 0 Å². The van der Waals surface area contributed by atoms with Gasteiger partial charge in [-0.15, -0.1) is 0 Å². The van der Waals surface area contributed by atoms with Crippen LogP contribution in [0.5, 0.6) is 0 Å². The highest BCUT2D eigenvalue weighted by atomic mass is 35.5. The number of benzene rings is 1. The van der Waals surface area contributed by atoms with Crippen molar-refractivity contribution < 1.29 is 14.7 Å². The van der Waals surface area contributed by atoms with Gasteiger partial charge in [0, 0.05) is 7.05 Å². The summed E-state index contributed by atoms with van der Waals surface area (Å²) in [6, 6.07) is 6.62. The number of anilines is 1. The molecular weight excluding hydrogens is 300 g/mol. The number of nitrogens with zero attached hydrogens (tertiary/aromatic N) is 2. The topological polar surface area (TPSA) is 70.5 Å². The van der Waals surface area contributed by atoms with E-state index in [2.05, 4.69) is 4.37 Å². The Morgan fingerprint density at radius 3 is 2.60 bits per heavy atom. The highest BCUT2D eigenvalue weighted by Gasteiger charge is 2.25. The molecule has 0 spiro atoms. The van der Waals surface area contributed by atoms with Gasteiger partial charge in [0.25, 0.3) is 5.91 Å². The SMILES string of the molecule is Cc1nsc(N(C)C(=O)c2ccccc2Cl)c1C(=O)O. The number of aromatic nitrogens is 1. The third-order valence-electron chi connectivity index (χ3n) is 2.77. The molecule has 0 aliphatic carbocycles. The van der Waals surface area contributed by atoms with Crippen molar-refractivity contribution in [3.8, 4) is 0 Å². The van der Waals surface area contributed by atoms with Gasteiger partial charge < -0.3 is 10.0 Å². The number of halogens is 1. The summed E-state index contributed by atoms with van der Waals surface area (Å²) in [5, 5.41) is 9.81. The molecular formula is C13H11ClN2O3S. The van der Waals surface area contributed by atoms with Gasteiger partial charge in [-0.3, -0.25) is 4.79 Å². The van der Waals surface area contributed by atoms with Gasteiger partial charge in [0.1, 0.15) is 10.6 Å². The molecule has 20 heavy (non-hydrogen) atoms. The lowest BCUT2D eigenvalue weighted by Gasteiger charge is -2.16. The van der Waals surface area contributed by atoms with Crippen molar-refractivity contribution in [2.24, 2.45) is 0 Å². The molecule has 2 aromatic rings. The Bertz CT molecular complexity index is 684. The molecule has 1 aromatic carbocycles. The summed E-state index contributed by atoms with van der Waals surface area (Å²) in [4.78, 5) is 24.9. The van der Waals surface area contributed by atoms with Crippen LogP contribution in [0.3, 0.4) is 0 Å². The third-order valence-corrected chi connectivity index (χ3v) is 4.12. The minimum atomic E-state index is -1.11. The highest BCUT2D eigenvalue weighted by molar-refractivity contribution is 7.11. The van der Waals surface area contributed by atoms with Gasteiger partial charge in [0.05, 0.1) is 16.3 Å². The smallest absolute Gasteiger partial charge is 0.340 e. The fraction of sp³-hybridized carbons (Fsp3) is 0.154. The van der Waals surface area contributed by atoms with E-state index < -0.39 is 5.97 Å². The van der Waals surface area contributed by atoms with Gasteiger partial charge in [-0.05, 0) is 30.6 Å². The highest BCUT2D eigenvalue weighted by Crippen LogP contribution is 2.29. The number of aryl methyl sites for hydroxylation is 1. The Morgan fingerprint density at radius 2 is 2.00 bits per heavy atom. The van der Waals surface area contributed by atoms with Crippen LogP contribution >= 0.6 is 23.1 Å². The lowest BCUT2D eigenvalue weighted by molar-refractivity contribution is 0.0697. The molecule has 5 nitrogen and oxygen atoms in total. The van der Waals surface area contributed by atoms with Gasteiger partial charge in [-0.25, -0.2) is 4.79 Å². The first-order chi connectivity index (χ1) is 9.43. The zero-order chi connectivity index (χ0) is 14.9. The zero-order valence-electron chi connectivity index (χ0n) is 10.8. The Labute approximate surface area is 124 Å². The second-order valence-corrected chi connectivity index (χ2v) is 5.26.